The van der Waals surface area contributed by atoms with E-state index < -0.39 is 0 Å². The SMILES string of the molecule is CCCN(Cc1ccccc1)C(=O)c1cccc(CN)c1. The van der Waals surface area contributed by atoms with Crippen LogP contribution in [-0.2, 0) is 13.1 Å². The number of nitrogens with zero attached hydrogens (tertiary/aromatic N) is 1. The van der Waals surface area contributed by atoms with E-state index in [9.17, 15) is 4.79 Å². The molecule has 0 unspecified atom stereocenters. The molecule has 3 heteroatoms. The van der Waals surface area contributed by atoms with E-state index in [1.165, 1.54) is 0 Å². The lowest BCUT2D eigenvalue weighted by molar-refractivity contribution is 0.0743. The minimum Gasteiger partial charge on any atom is -0.334 e. The monoisotopic (exact) mass is 282 g/mol. The summed E-state index contributed by atoms with van der Waals surface area (Å²) in [7, 11) is 0. The van der Waals surface area contributed by atoms with Gasteiger partial charge in [-0.2, -0.15) is 0 Å². The first-order chi connectivity index (χ1) is 10.2. The molecule has 21 heavy (non-hydrogen) atoms. The quantitative estimate of drug-likeness (QED) is 0.884. The third-order valence-corrected chi connectivity index (χ3v) is 3.41. The Balaban J connectivity index is 2.18. The molecular weight excluding hydrogens is 260 g/mol. The highest BCUT2D eigenvalue weighted by atomic mass is 16.2. The summed E-state index contributed by atoms with van der Waals surface area (Å²) in [6.07, 6.45) is 0.940. The first-order valence-corrected chi connectivity index (χ1v) is 7.36. The topological polar surface area (TPSA) is 46.3 Å². The van der Waals surface area contributed by atoms with Gasteiger partial charge in [-0.05, 0) is 29.7 Å². The Morgan fingerprint density at radius 3 is 2.43 bits per heavy atom. The van der Waals surface area contributed by atoms with Crippen LogP contribution in [0.15, 0.2) is 54.6 Å². The maximum atomic E-state index is 12.7. The predicted octanol–water partition coefficient (Wildman–Crippen LogP) is 3.20. The third-order valence-electron chi connectivity index (χ3n) is 3.41. The van der Waals surface area contributed by atoms with Crippen molar-refractivity contribution in [3.8, 4) is 0 Å². The molecule has 0 bridgehead atoms. The third kappa shape index (κ3) is 4.17. The van der Waals surface area contributed by atoms with Gasteiger partial charge >= 0.3 is 0 Å². The zero-order valence-corrected chi connectivity index (χ0v) is 12.5. The molecule has 0 heterocycles. The van der Waals surface area contributed by atoms with Crippen molar-refractivity contribution in [2.24, 2.45) is 5.73 Å². The Labute approximate surface area is 126 Å². The second-order valence-corrected chi connectivity index (χ2v) is 5.12. The highest BCUT2D eigenvalue weighted by Crippen LogP contribution is 2.12. The Kier molecular flexibility index (Phi) is 5.52. The summed E-state index contributed by atoms with van der Waals surface area (Å²) in [5, 5.41) is 0. The van der Waals surface area contributed by atoms with E-state index in [2.05, 4.69) is 6.92 Å². The van der Waals surface area contributed by atoms with Crippen molar-refractivity contribution in [1.82, 2.24) is 4.90 Å². The summed E-state index contributed by atoms with van der Waals surface area (Å²) in [5.41, 5.74) is 8.49. The molecule has 3 nitrogen and oxygen atoms in total. The molecule has 2 rings (SSSR count). The van der Waals surface area contributed by atoms with E-state index in [4.69, 9.17) is 5.73 Å². The molecule has 1 amide bonds. The van der Waals surface area contributed by atoms with Gasteiger partial charge in [0.25, 0.3) is 5.91 Å². The minimum atomic E-state index is 0.0657. The second-order valence-electron chi connectivity index (χ2n) is 5.12. The number of hydrogen-bond acceptors (Lipinski definition) is 2. The zero-order chi connectivity index (χ0) is 15.1. The van der Waals surface area contributed by atoms with E-state index in [1.54, 1.807) is 0 Å². The van der Waals surface area contributed by atoms with Crippen molar-refractivity contribution in [3.63, 3.8) is 0 Å². The van der Waals surface area contributed by atoms with Gasteiger partial charge in [-0.15, -0.1) is 0 Å². The fourth-order valence-electron chi connectivity index (χ4n) is 2.34. The summed E-state index contributed by atoms with van der Waals surface area (Å²) in [4.78, 5) is 14.6. The van der Waals surface area contributed by atoms with Gasteiger partial charge in [0.1, 0.15) is 0 Å². The molecule has 0 fully saturated rings. The van der Waals surface area contributed by atoms with Gasteiger partial charge < -0.3 is 10.6 Å². The minimum absolute atomic E-state index is 0.0657. The van der Waals surface area contributed by atoms with Crippen molar-refractivity contribution < 1.29 is 4.79 Å². The second kappa shape index (κ2) is 7.60. The van der Waals surface area contributed by atoms with Gasteiger partial charge in [0.2, 0.25) is 0 Å². The number of carbonyl (C=O) groups is 1. The van der Waals surface area contributed by atoms with Crippen LogP contribution < -0.4 is 5.73 Å². The van der Waals surface area contributed by atoms with Gasteiger partial charge in [-0.25, -0.2) is 0 Å². The lowest BCUT2D eigenvalue weighted by Crippen LogP contribution is -2.31. The van der Waals surface area contributed by atoms with Crippen molar-refractivity contribution in [1.29, 1.82) is 0 Å². The maximum Gasteiger partial charge on any atom is 0.254 e. The van der Waals surface area contributed by atoms with E-state index in [0.29, 0.717) is 18.7 Å². The molecule has 2 N–H and O–H groups in total. The van der Waals surface area contributed by atoms with E-state index in [1.807, 2.05) is 59.5 Å². The Hall–Kier alpha value is -2.13. The Morgan fingerprint density at radius 2 is 1.76 bits per heavy atom. The van der Waals surface area contributed by atoms with Crippen molar-refractivity contribution in [2.45, 2.75) is 26.4 Å². The van der Waals surface area contributed by atoms with Gasteiger partial charge in [-0.3, -0.25) is 4.79 Å². The molecule has 0 spiro atoms. The molecule has 0 aliphatic rings. The lowest BCUT2D eigenvalue weighted by atomic mass is 10.1. The molecule has 2 aromatic rings. The molecule has 0 atom stereocenters. The number of benzene rings is 2. The normalized spacial score (nSPS) is 10.4. The molecular formula is C18H22N2O. The van der Waals surface area contributed by atoms with Gasteiger partial charge in [-0.1, -0.05) is 49.4 Å². The summed E-state index contributed by atoms with van der Waals surface area (Å²) in [6.45, 7) is 3.93. The smallest absolute Gasteiger partial charge is 0.254 e. The van der Waals surface area contributed by atoms with Gasteiger partial charge in [0, 0.05) is 25.2 Å². The molecule has 0 radical (unpaired) electrons. The average Bonchev–Trinajstić information content (AvgIpc) is 2.55. The summed E-state index contributed by atoms with van der Waals surface area (Å²) in [5.74, 6) is 0.0657. The summed E-state index contributed by atoms with van der Waals surface area (Å²) < 4.78 is 0. The van der Waals surface area contributed by atoms with Gasteiger partial charge in [0.15, 0.2) is 0 Å². The molecule has 2 aromatic carbocycles. The largest absolute Gasteiger partial charge is 0.334 e. The van der Waals surface area contributed by atoms with Gasteiger partial charge in [0.05, 0.1) is 0 Å². The van der Waals surface area contributed by atoms with Crippen LogP contribution in [0.25, 0.3) is 0 Å². The molecule has 0 aliphatic heterocycles. The fourth-order valence-corrected chi connectivity index (χ4v) is 2.34. The fraction of sp³-hybridized carbons (Fsp3) is 0.278. The highest BCUT2D eigenvalue weighted by Gasteiger charge is 2.15. The van der Waals surface area contributed by atoms with Crippen LogP contribution >= 0.6 is 0 Å². The van der Waals surface area contributed by atoms with E-state index >= 15 is 0 Å². The van der Waals surface area contributed by atoms with Crippen LogP contribution in [0.5, 0.6) is 0 Å². The molecule has 0 saturated heterocycles. The molecule has 110 valence electrons. The first-order valence-electron chi connectivity index (χ1n) is 7.36. The Morgan fingerprint density at radius 1 is 1.05 bits per heavy atom. The highest BCUT2D eigenvalue weighted by molar-refractivity contribution is 5.94. The molecule has 0 aliphatic carbocycles. The zero-order valence-electron chi connectivity index (χ0n) is 12.5. The van der Waals surface area contributed by atoms with Crippen LogP contribution in [0.2, 0.25) is 0 Å². The van der Waals surface area contributed by atoms with Crippen LogP contribution in [-0.4, -0.2) is 17.4 Å². The van der Waals surface area contributed by atoms with Crippen LogP contribution in [0.4, 0.5) is 0 Å². The lowest BCUT2D eigenvalue weighted by Gasteiger charge is -2.22. The van der Waals surface area contributed by atoms with Crippen molar-refractivity contribution >= 4 is 5.91 Å². The molecule has 0 aromatic heterocycles. The maximum absolute atomic E-state index is 12.7. The Bertz CT molecular complexity index is 581. The average molecular weight is 282 g/mol. The van der Waals surface area contributed by atoms with Crippen LogP contribution in [0, 0.1) is 0 Å². The van der Waals surface area contributed by atoms with Crippen molar-refractivity contribution in [3.05, 3.63) is 71.3 Å². The van der Waals surface area contributed by atoms with Crippen LogP contribution in [0.3, 0.4) is 0 Å². The number of hydrogen-bond donors (Lipinski definition) is 1. The molecule has 0 saturated carbocycles. The number of carbonyl (C=O) groups excluding carboxylic acids is 1. The number of rotatable bonds is 6. The number of nitrogens with two attached hydrogens (primary N) is 1. The predicted molar refractivity (Wildman–Crippen MR) is 85.8 cm³/mol. The van der Waals surface area contributed by atoms with E-state index in [0.717, 1.165) is 24.1 Å². The number of amides is 1. The first kappa shape index (κ1) is 15.3. The van der Waals surface area contributed by atoms with Crippen molar-refractivity contribution in [2.75, 3.05) is 6.54 Å². The standard InChI is InChI=1S/C18H22N2O/c1-2-11-20(14-15-7-4-3-5-8-15)18(21)17-10-6-9-16(12-17)13-19/h3-10,12H,2,11,13-14,19H2,1H3. The van der Waals surface area contributed by atoms with Crippen LogP contribution in [0.1, 0.15) is 34.8 Å². The summed E-state index contributed by atoms with van der Waals surface area (Å²) in [6, 6.07) is 17.7. The van der Waals surface area contributed by atoms with E-state index in [-0.39, 0.29) is 5.91 Å². The summed E-state index contributed by atoms with van der Waals surface area (Å²) >= 11 is 0.